The molecule has 0 aliphatic heterocycles. The molecule has 0 saturated carbocycles. The Hall–Kier alpha value is -3.10. The molecule has 2 aromatic rings. The molecule has 0 spiro atoms. The summed E-state index contributed by atoms with van der Waals surface area (Å²) in [4.78, 5) is 22.4. The summed E-state index contributed by atoms with van der Waals surface area (Å²) in [7, 11) is -2.70. The number of nitrogens with zero attached hydrogens (tertiary/aromatic N) is 1. The van der Waals surface area contributed by atoms with Gasteiger partial charge in [-0.25, -0.2) is 4.57 Å². The van der Waals surface area contributed by atoms with Gasteiger partial charge in [0.1, 0.15) is 23.3 Å². The predicted molar refractivity (Wildman–Crippen MR) is 109 cm³/mol. The minimum absolute atomic E-state index is 0.0451. The number of methoxy groups -OCH3 is 1. The molecule has 1 N–H and O–H groups in total. The summed E-state index contributed by atoms with van der Waals surface area (Å²) in [5.74, 6) is 0.0219. The van der Waals surface area contributed by atoms with Gasteiger partial charge in [-0.1, -0.05) is 6.07 Å². The van der Waals surface area contributed by atoms with Crippen LogP contribution in [-0.2, 0) is 14.1 Å². The number of hydrogen-bond donors (Lipinski definition) is 1. The third-order valence-electron chi connectivity index (χ3n) is 3.60. The fraction of sp³-hybridized carbons (Fsp3) is 0.316. The van der Waals surface area contributed by atoms with E-state index in [0.29, 0.717) is 5.75 Å². The number of carbonyl (C=O) groups excluding carboxylic acids is 1. The molecule has 10 nitrogen and oxygen atoms in total. The van der Waals surface area contributed by atoms with Gasteiger partial charge in [0.15, 0.2) is 0 Å². The van der Waals surface area contributed by atoms with Crippen molar-refractivity contribution in [3.05, 3.63) is 58.6 Å². The number of esters is 1. The maximum atomic E-state index is 13.4. The molecule has 0 aromatic heterocycles. The number of ether oxygens (including phenoxy) is 2. The lowest BCUT2D eigenvalue weighted by molar-refractivity contribution is -0.384. The van der Waals surface area contributed by atoms with Gasteiger partial charge in [-0.3, -0.25) is 14.9 Å². The highest BCUT2D eigenvalue weighted by Crippen LogP contribution is 2.46. The Morgan fingerprint density at radius 2 is 1.63 bits per heavy atom. The quantitative estimate of drug-likeness (QED) is 0.252. The van der Waals surface area contributed by atoms with Gasteiger partial charge in [0, 0.05) is 18.2 Å². The third-order valence-corrected chi connectivity index (χ3v) is 5.20. The molecular weight excluding hydrogens is 415 g/mol. The van der Waals surface area contributed by atoms with E-state index >= 15 is 0 Å². The van der Waals surface area contributed by atoms with Gasteiger partial charge in [0.2, 0.25) is 0 Å². The highest BCUT2D eigenvalue weighted by molar-refractivity contribution is 7.52. The molecular formula is C19H23N2O8P. The number of nitro groups is 1. The first-order chi connectivity index (χ1) is 14.1. The Morgan fingerprint density at radius 3 is 2.20 bits per heavy atom. The molecule has 0 aliphatic rings. The van der Waals surface area contributed by atoms with E-state index in [4.69, 9.17) is 18.5 Å². The molecule has 0 radical (unpaired) electrons. The highest BCUT2D eigenvalue weighted by atomic mass is 31.2. The van der Waals surface area contributed by atoms with Crippen molar-refractivity contribution in [2.45, 2.75) is 32.9 Å². The Bertz CT molecular complexity index is 932. The molecule has 2 atom stereocenters. The number of benzene rings is 2. The molecule has 0 bridgehead atoms. The fourth-order valence-electron chi connectivity index (χ4n) is 2.26. The standard InChI is InChI=1S/C19H23N2O8P/c1-13(2)27-19(22)14(3)20-30(25,29-18-7-5-6-17(12-18)26-4)28-16-10-8-15(9-11-16)21(23)24/h5-14H,1-4H3,(H,20,25)/t14-,30?/m0/s1. The molecule has 162 valence electrons. The lowest BCUT2D eigenvalue weighted by Crippen LogP contribution is -2.36. The minimum Gasteiger partial charge on any atom is -0.497 e. The van der Waals surface area contributed by atoms with Gasteiger partial charge >= 0.3 is 13.7 Å². The second-order valence-electron chi connectivity index (χ2n) is 6.45. The van der Waals surface area contributed by atoms with E-state index in [-0.39, 0.29) is 23.3 Å². The van der Waals surface area contributed by atoms with Crippen molar-refractivity contribution in [3.8, 4) is 17.2 Å². The first-order valence-corrected chi connectivity index (χ1v) is 10.5. The van der Waals surface area contributed by atoms with E-state index in [1.807, 2.05) is 0 Å². The number of non-ortho nitro benzene ring substituents is 1. The molecule has 0 heterocycles. The summed E-state index contributed by atoms with van der Waals surface area (Å²) in [5.41, 5.74) is -0.160. The van der Waals surface area contributed by atoms with Crippen molar-refractivity contribution in [3.63, 3.8) is 0 Å². The van der Waals surface area contributed by atoms with Crippen molar-refractivity contribution < 1.29 is 32.8 Å². The van der Waals surface area contributed by atoms with E-state index in [0.717, 1.165) is 0 Å². The van der Waals surface area contributed by atoms with Crippen LogP contribution in [0.1, 0.15) is 20.8 Å². The highest BCUT2D eigenvalue weighted by Gasteiger charge is 2.34. The molecule has 30 heavy (non-hydrogen) atoms. The Morgan fingerprint density at radius 1 is 1.03 bits per heavy atom. The van der Waals surface area contributed by atoms with Crippen LogP contribution in [0.3, 0.4) is 0 Å². The van der Waals surface area contributed by atoms with Gasteiger partial charge in [0.25, 0.3) is 5.69 Å². The first-order valence-electron chi connectivity index (χ1n) is 8.98. The van der Waals surface area contributed by atoms with Crippen LogP contribution in [0.15, 0.2) is 48.5 Å². The van der Waals surface area contributed by atoms with Crippen LogP contribution in [-0.4, -0.2) is 30.1 Å². The largest absolute Gasteiger partial charge is 0.513 e. The van der Waals surface area contributed by atoms with E-state index < -0.39 is 24.7 Å². The second-order valence-corrected chi connectivity index (χ2v) is 8.06. The molecule has 1 unspecified atom stereocenters. The Labute approximate surface area is 173 Å². The van der Waals surface area contributed by atoms with Crippen LogP contribution >= 0.6 is 7.75 Å². The second kappa shape index (κ2) is 10.1. The van der Waals surface area contributed by atoms with Gasteiger partial charge < -0.3 is 18.5 Å². The van der Waals surface area contributed by atoms with Crippen LogP contribution in [0.4, 0.5) is 5.69 Å². The zero-order chi connectivity index (χ0) is 22.3. The van der Waals surface area contributed by atoms with E-state index in [2.05, 4.69) is 5.09 Å². The zero-order valence-electron chi connectivity index (χ0n) is 16.9. The molecule has 0 saturated heterocycles. The molecule has 0 fully saturated rings. The summed E-state index contributed by atoms with van der Waals surface area (Å²) < 4.78 is 34.7. The van der Waals surface area contributed by atoms with Gasteiger partial charge in [0.05, 0.1) is 18.1 Å². The number of hydrogen-bond acceptors (Lipinski definition) is 8. The van der Waals surface area contributed by atoms with E-state index in [1.54, 1.807) is 26.0 Å². The topological polar surface area (TPSA) is 126 Å². The molecule has 2 aromatic carbocycles. The number of nitro benzene ring substituents is 1. The molecule has 0 amide bonds. The summed E-state index contributed by atoms with van der Waals surface area (Å²) >= 11 is 0. The van der Waals surface area contributed by atoms with Crippen LogP contribution < -0.4 is 18.9 Å². The van der Waals surface area contributed by atoms with Crippen LogP contribution in [0, 0.1) is 10.1 Å². The van der Waals surface area contributed by atoms with Gasteiger partial charge in [-0.05, 0) is 45.0 Å². The van der Waals surface area contributed by atoms with Gasteiger partial charge in [-0.15, -0.1) is 0 Å². The van der Waals surface area contributed by atoms with Crippen LogP contribution in [0.2, 0.25) is 0 Å². The molecule has 0 aliphatic carbocycles. The van der Waals surface area contributed by atoms with Crippen molar-refractivity contribution >= 4 is 19.4 Å². The average molecular weight is 438 g/mol. The number of carbonyl (C=O) groups is 1. The summed E-state index contributed by atoms with van der Waals surface area (Å²) in [6.07, 6.45) is -0.365. The van der Waals surface area contributed by atoms with Gasteiger partial charge in [-0.2, -0.15) is 5.09 Å². The minimum atomic E-state index is -4.16. The van der Waals surface area contributed by atoms with E-state index in [9.17, 15) is 19.5 Å². The smallest absolute Gasteiger partial charge is 0.497 e. The van der Waals surface area contributed by atoms with Crippen LogP contribution in [0.5, 0.6) is 17.2 Å². The predicted octanol–water partition coefficient (Wildman–Crippen LogP) is 4.10. The third kappa shape index (κ3) is 6.75. The van der Waals surface area contributed by atoms with Crippen molar-refractivity contribution in [2.24, 2.45) is 0 Å². The van der Waals surface area contributed by atoms with E-state index in [1.165, 1.54) is 50.4 Å². The monoisotopic (exact) mass is 438 g/mol. The summed E-state index contributed by atoms with van der Waals surface area (Å²) in [6.45, 7) is 4.82. The van der Waals surface area contributed by atoms with Crippen LogP contribution in [0.25, 0.3) is 0 Å². The number of nitrogens with one attached hydrogen (secondary N) is 1. The van der Waals surface area contributed by atoms with Crippen molar-refractivity contribution in [1.29, 1.82) is 0 Å². The maximum absolute atomic E-state index is 13.4. The Balaban J connectivity index is 2.28. The maximum Gasteiger partial charge on any atom is 0.513 e. The number of rotatable bonds is 10. The SMILES string of the molecule is COc1cccc(OP(=O)(N[C@@H](C)C(=O)OC(C)C)Oc2ccc([N+](=O)[O-])cc2)c1. The average Bonchev–Trinajstić information content (AvgIpc) is 2.67. The molecule has 2 rings (SSSR count). The zero-order valence-corrected chi connectivity index (χ0v) is 17.8. The summed E-state index contributed by atoms with van der Waals surface area (Å²) in [6, 6.07) is 10.2. The normalized spacial score (nSPS) is 13.8. The van der Waals surface area contributed by atoms with Crippen molar-refractivity contribution in [1.82, 2.24) is 5.09 Å². The fourth-order valence-corrected chi connectivity index (χ4v) is 3.77. The van der Waals surface area contributed by atoms with Crippen molar-refractivity contribution in [2.75, 3.05) is 7.11 Å². The lowest BCUT2D eigenvalue weighted by atomic mass is 10.3. The summed E-state index contributed by atoms with van der Waals surface area (Å²) in [5, 5.41) is 13.3. The lowest BCUT2D eigenvalue weighted by Gasteiger charge is -2.23. The first kappa shape index (κ1) is 23.2. The molecule has 11 heteroatoms. The Kier molecular flexibility index (Phi) is 7.79.